The molecule has 34 heavy (non-hydrogen) atoms. The van der Waals surface area contributed by atoms with Gasteiger partial charge in [-0.1, -0.05) is 0 Å². The highest BCUT2D eigenvalue weighted by molar-refractivity contribution is 5.79. The number of nitrogens with zero attached hydrogens (tertiary/aromatic N) is 4. The van der Waals surface area contributed by atoms with Gasteiger partial charge in [-0.25, -0.2) is 18.2 Å². The number of aromatic nitrogens is 1. The lowest BCUT2D eigenvalue weighted by atomic mass is 9.91. The highest BCUT2D eigenvalue weighted by Crippen LogP contribution is 2.28. The summed E-state index contributed by atoms with van der Waals surface area (Å²) in [4.78, 5) is 22.9. The van der Waals surface area contributed by atoms with Gasteiger partial charge in [-0.2, -0.15) is 0 Å². The van der Waals surface area contributed by atoms with Crippen LogP contribution in [0.3, 0.4) is 0 Å². The van der Waals surface area contributed by atoms with Crippen LogP contribution in [-0.2, 0) is 11.3 Å². The second-order valence-electron chi connectivity index (χ2n) is 9.51. The lowest BCUT2D eigenvalue weighted by molar-refractivity contribution is -0.138. The highest BCUT2D eigenvalue weighted by Gasteiger charge is 2.31. The standard InChI is InChI=1S/C25H32F3N5O/c1-31(24-21(27)13-20(26)14-22(24)28)15-17-3-10-33(11-4-17)25(34)19-5-8-32(9-6-19)16-18-2-7-30-23(29)12-18/h2,7,12-14,17,19H,3-6,8-11,15-16H2,1H3,(H2,29,30). The maximum Gasteiger partial charge on any atom is 0.225 e. The van der Waals surface area contributed by atoms with Crippen LogP contribution < -0.4 is 10.6 Å². The molecule has 4 rings (SSSR count). The van der Waals surface area contributed by atoms with Crippen molar-refractivity contribution in [1.29, 1.82) is 0 Å². The van der Waals surface area contributed by atoms with Crippen LogP contribution in [0.5, 0.6) is 0 Å². The third kappa shape index (κ3) is 5.81. The molecule has 0 aliphatic carbocycles. The largest absolute Gasteiger partial charge is 0.384 e. The molecule has 1 amide bonds. The van der Waals surface area contributed by atoms with E-state index in [-0.39, 0.29) is 23.4 Å². The molecule has 9 heteroatoms. The van der Waals surface area contributed by atoms with Crippen molar-refractivity contribution < 1.29 is 18.0 Å². The van der Waals surface area contributed by atoms with Gasteiger partial charge in [0.25, 0.3) is 0 Å². The molecule has 2 aromatic rings. The second-order valence-corrected chi connectivity index (χ2v) is 9.51. The number of halogens is 3. The molecule has 0 bridgehead atoms. The topological polar surface area (TPSA) is 65.7 Å². The average Bonchev–Trinajstić information content (AvgIpc) is 2.79. The SMILES string of the molecule is CN(CC1CCN(C(=O)C2CCN(Cc3ccnc(N)c3)CC2)CC1)c1c(F)cc(F)cc1F. The molecule has 3 heterocycles. The van der Waals surface area contributed by atoms with Crippen molar-refractivity contribution in [3.63, 3.8) is 0 Å². The Balaban J connectivity index is 1.23. The molecule has 6 nitrogen and oxygen atoms in total. The van der Waals surface area contributed by atoms with Gasteiger partial charge >= 0.3 is 0 Å². The van der Waals surface area contributed by atoms with Gasteiger partial charge in [-0.05, 0) is 62.4 Å². The Bertz CT molecular complexity index is 981. The molecule has 2 fully saturated rings. The van der Waals surface area contributed by atoms with E-state index in [4.69, 9.17) is 5.73 Å². The van der Waals surface area contributed by atoms with E-state index in [0.29, 0.717) is 37.6 Å². The third-order valence-corrected chi connectivity index (χ3v) is 7.01. The number of nitrogens with two attached hydrogens (primary N) is 1. The first-order chi connectivity index (χ1) is 16.3. The number of amides is 1. The number of hydrogen-bond donors (Lipinski definition) is 1. The number of anilines is 2. The first-order valence-corrected chi connectivity index (χ1v) is 11.9. The van der Waals surface area contributed by atoms with E-state index in [0.717, 1.165) is 50.9 Å². The summed E-state index contributed by atoms with van der Waals surface area (Å²) < 4.78 is 41.3. The molecule has 2 saturated heterocycles. The normalized spacial score (nSPS) is 18.3. The zero-order valence-corrected chi connectivity index (χ0v) is 19.5. The van der Waals surface area contributed by atoms with Crippen LogP contribution in [0.25, 0.3) is 0 Å². The smallest absolute Gasteiger partial charge is 0.225 e. The summed E-state index contributed by atoms with van der Waals surface area (Å²) in [6, 6.07) is 5.26. The van der Waals surface area contributed by atoms with Crippen molar-refractivity contribution in [2.75, 3.05) is 50.4 Å². The van der Waals surface area contributed by atoms with Gasteiger partial charge < -0.3 is 15.5 Å². The Morgan fingerprint density at radius 2 is 1.71 bits per heavy atom. The predicted octanol–water partition coefficient (Wildman–Crippen LogP) is 3.67. The summed E-state index contributed by atoms with van der Waals surface area (Å²) in [6.45, 7) is 4.31. The fraction of sp³-hybridized carbons (Fsp3) is 0.520. The van der Waals surface area contributed by atoms with E-state index in [1.165, 1.54) is 4.90 Å². The van der Waals surface area contributed by atoms with Crippen LogP contribution in [0.1, 0.15) is 31.2 Å². The molecule has 1 aromatic carbocycles. The lowest BCUT2D eigenvalue weighted by Crippen LogP contribution is -2.46. The summed E-state index contributed by atoms with van der Waals surface area (Å²) in [7, 11) is 1.62. The number of pyridine rings is 1. The Morgan fingerprint density at radius 3 is 2.32 bits per heavy atom. The van der Waals surface area contributed by atoms with Gasteiger partial charge in [-0.15, -0.1) is 0 Å². The van der Waals surface area contributed by atoms with E-state index < -0.39 is 17.5 Å². The molecule has 184 valence electrons. The van der Waals surface area contributed by atoms with Crippen LogP contribution >= 0.6 is 0 Å². The molecule has 2 aliphatic heterocycles. The van der Waals surface area contributed by atoms with Crippen molar-refractivity contribution in [1.82, 2.24) is 14.8 Å². The number of likely N-dealkylation sites (tertiary alicyclic amines) is 2. The zero-order chi connectivity index (χ0) is 24.2. The summed E-state index contributed by atoms with van der Waals surface area (Å²) in [5.41, 5.74) is 6.69. The number of hydrogen-bond acceptors (Lipinski definition) is 5. The molecule has 0 saturated carbocycles. The van der Waals surface area contributed by atoms with Crippen molar-refractivity contribution in [2.45, 2.75) is 32.2 Å². The van der Waals surface area contributed by atoms with E-state index in [2.05, 4.69) is 9.88 Å². The number of rotatable bonds is 6. The predicted molar refractivity (Wildman–Crippen MR) is 126 cm³/mol. The van der Waals surface area contributed by atoms with E-state index in [1.54, 1.807) is 13.2 Å². The number of carbonyl (C=O) groups is 1. The van der Waals surface area contributed by atoms with Crippen LogP contribution in [0, 0.1) is 29.3 Å². The minimum atomic E-state index is -0.924. The molecule has 0 radical (unpaired) electrons. The Kier molecular flexibility index (Phi) is 7.60. The molecule has 2 aliphatic rings. The summed E-state index contributed by atoms with van der Waals surface area (Å²) in [5, 5.41) is 0. The number of carbonyl (C=O) groups excluding carboxylic acids is 1. The van der Waals surface area contributed by atoms with Gasteiger partial charge in [-0.3, -0.25) is 9.69 Å². The summed E-state index contributed by atoms with van der Waals surface area (Å²) in [6.07, 6.45) is 4.96. The lowest BCUT2D eigenvalue weighted by Gasteiger charge is -2.38. The van der Waals surface area contributed by atoms with Crippen LogP contribution in [0.15, 0.2) is 30.5 Å². The van der Waals surface area contributed by atoms with Gasteiger partial charge in [0.1, 0.15) is 17.3 Å². The molecule has 0 unspecified atom stereocenters. The van der Waals surface area contributed by atoms with Gasteiger partial charge in [0.05, 0.1) is 0 Å². The van der Waals surface area contributed by atoms with Crippen molar-refractivity contribution in [3.05, 3.63) is 53.5 Å². The number of nitrogen functional groups attached to an aromatic ring is 1. The van der Waals surface area contributed by atoms with Gasteiger partial charge in [0.2, 0.25) is 5.91 Å². The third-order valence-electron chi connectivity index (χ3n) is 7.01. The number of piperidine rings is 2. The fourth-order valence-electron chi connectivity index (χ4n) is 5.16. The van der Waals surface area contributed by atoms with Crippen LogP contribution in [0.4, 0.5) is 24.7 Å². The quantitative estimate of drug-likeness (QED) is 0.691. The first-order valence-electron chi connectivity index (χ1n) is 11.9. The maximum absolute atomic E-state index is 14.1. The molecular weight excluding hydrogens is 443 g/mol. The van der Waals surface area contributed by atoms with Gasteiger partial charge in [0.15, 0.2) is 11.6 Å². The Labute approximate surface area is 198 Å². The summed E-state index contributed by atoms with van der Waals surface area (Å²) in [5.74, 6) is -1.72. The minimum absolute atomic E-state index is 0.0420. The average molecular weight is 476 g/mol. The Morgan fingerprint density at radius 1 is 1.06 bits per heavy atom. The minimum Gasteiger partial charge on any atom is -0.384 e. The van der Waals surface area contributed by atoms with Crippen molar-refractivity contribution >= 4 is 17.4 Å². The van der Waals surface area contributed by atoms with E-state index in [1.807, 2.05) is 17.0 Å². The zero-order valence-electron chi connectivity index (χ0n) is 19.5. The van der Waals surface area contributed by atoms with Crippen molar-refractivity contribution in [3.8, 4) is 0 Å². The van der Waals surface area contributed by atoms with Crippen LogP contribution in [0.2, 0.25) is 0 Å². The second kappa shape index (κ2) is 10.6. The van der Waals surface area contributed by atoms with Gasteiger partial charge in [0, 0.05) is 57.5 Å². The van der Waals surface area contributed by atoms with Crippen LogP contribution in [-0.4, -0.2) is 60.5 Å². The molecule has 0 atom stereocenters. The monoisotopic (exact) mass is 475 g/mol. The highest BCUT2D eigenvalue weighted by atomic mass is 19.1. The molecular formula is C25H32F3N5O. The molecule has 2 N–H and O–H groups in total. The van der Waals surface area contributed by atoms with Crippen molar-refractivity contribution in [2.24, 2.45) is 11.8 Å². The molecule has 1 aromatic heterocycles. The maximum atomic E-state index is 14.1. The van der Waals surface area contributed by atoms with E-state index >= 15 is 0 Å². The fourth-order valence-corrected chi connectivity index (χ4v) is 5.16. The summed E-state index contributed by atoms with van der Waals surface area (Å²) >= 11 is 0. The first kappa shape index (κ1) is 24.3. The number of benzene rings is 1. The van der Waals surface area contributed by atoms with E-state index in [9.17, 15) is 18.0 Å². The molecule has 0 spiro atoms. The Hall–Kier alpha value is -2.81.